The van der Waals surface area contributed by atoms with Crippen molar-refractivity contribution in [2.75, 3.05) is 7.05 Å². The van der Waals surface area contributed by atoms with Crippen molar-refractivity contribution in [2.24, 2.45) is 4.99 Å². The van der Waals surface area contributed by atoms with E-state index in [-0.39, 0.29) is 11.9 Å². The lowest BCUT2D eigenvalue weighted by atomic mass is 10.1. The molecule has 0 spiro atoms. The Balaban J connectivity index is 3.01. The van der Waals surface area contributed by atoms with Gasteiger partial charge in [-0.1, -0.05) is 17.7 Å². The molecule has 0 radical (unpaired) electrons. The number of benzene rings is 1. The number of aliphatic imine (C=N–C) groups is 1. The number of halogens is 2. The van der Waals surface area contributed by atoms with Crippen LogP contribution in [0.1, 0.15) is 25.5 Å². The van der Waals surface area contributed by atoms with E-state index in [1.54, 1.807) is 37.2 Å². The molecule has 0 saturated heterocycles. The Labute approximate surface area is 105 Å². The van der Waals surface area contributed by atoms with Gasteiger partial charge in [-0.05, 0) is 26.0 Å². The van der Waals surface area contributed by atoms with Gasteiger partial charge in [-0.3, -0.25) is 0 Å². The van der Waals surface area contributed by atoms with E-state index >= 15 is 0 Å². The second kappa shape index (κ2) is 5.65. The molecule has 0 N–H and O–H groups in total. The van der Waals surface area contributed by atoms with E-state index in [1.165, 1.54) is 6.07 Å². The summed E-state index contributed by atoms with van der Waals surface area (Å²) < 4.78 is 13.7. The summed E-state index contributed by atoms with van der Waals surface area (Å²) in [6, 6.07) is 4.33. The van der Waals surface area contributed by atoms with Crippen molar-refractivity contribution in [1.29, 1.82) is 5.26 Å². The standard InChI is InChI=1S/C12H13ClFN3/c1-8(17(3)9(2)16-7-15)11-5-4-10(13)6-12(11)14/h4-6,8H,1-3H3/b16-9+. The minimum Gasteiger partial charge on any atom is -0.356 e. The van der Waals surface area contributed by atoms with Crippen LogP contribution in [0.25, 0.3) is 0 Å². The molecule has 0 aliphatic carbocycles. The molecule has 1 rings (SSSR count). The molecule has 1 aromatic rings. The maximum absolute atomic E-state index is 13.7. The van der Waals surface area contributed by atoms with Crippen LogP contribution in [0.4, 0.5) is 4.39 Å². The topological polar surface area (TPSA) is 39.4 Å². The normalized spacial score (nSPS) is 13.1. The second-order valence-corrected chi connectivity index (χ2v) is 4.15. The molecule has 0 aliphatic heterocycles. The van der Waals surface area contributed by atoms with Crippen molar-refractivity contribution in [2.45, 2.75) is 19.9 Å². The molecule has 1 atom stereocenters. The predicted molar refractivity (Wildman–Crippen MR) is 66.3 cm³/mol. The summed E-state index contributed by atoms with van der Waals surface area (Å²) >= 11 is 5.69. The minimum atomic E-state index is -0.360. The van der Waals surface area contributed by atoms with E-state index in [2.05, 4.69) is 4.99 Å². The SMILES string of the molecule is C/C(=N\C#N)N(C)C(C)c1ccc(Cl)cc1F. The van der Waals surface area contributed by atoms with Gasteiger partial charge in [-0.25, -0.2) is 4.39 Å². The summed E-state index contributed by atoms with van der Waals surface area (Å²) in [4.78, 5) is 5.35. The van der Waals surface area contributed by atoms with Gasteiger partial charge in [-0.2, -0.15) is 10.3 Å². The molecule has 1 aromatic carbocycles. The molecule has 1 unspecified atom stereocenters. The van der Waals surface area contributed by atoms with Gasteiger partial charge in [0, 0.05) is 17.6 Å². The third kappa shape index (κ3) is 3.18. The van der Waals surface area contributed by atoms with Crippen LogP contribution >= 0.6 is 11.6 Å². The highest BCUT2D eigenvalue weighted by Crippen LogP contribution is 2.24. The Kier molecular flexibility index (Phi) is 4.47. The summed E-state index contributed by atoms with van der Waals surface area (Å²) in [5.74, 6) is 0.177. The fourth-order valence-corrected chi connectivity index (χ4v) is 1.64. The van der Waals surface area contributed by atoms with Crippen molar-refractivity contribution in [3.63, 3.8) is 0 Å². The van der Waals surface area contributed by atoms with E-state index in [0.717, 1.165) is 0 Å². The maximum Gasteiger partial charge on any atom is 0.207 e. The molecule has 0 aromatic heterocycles. The van der Waals surface area contributed by atoms with Crippen LogP contribution in [-0.4, -0.2) is 17.8 Å². The molecule has 0 bridgehead atoms. The largest absolute Gasteiger partial charge is 0.356 e. The molecular weight excluding hydrogens is 241 g/mol. The highest BCUT2D eigenvalue weighted by atomic mass is 35.5. The molecular formula is C12H13ClFN3. The van der Waals surface area contributed by atoms with E-state index in [1.807, 2.05) is 6.92 Å². The predicted octanol–water partition coefficient (Wildman–Crippen LogP) is 3.37. The monoisotopic (exact) mass is 253 g/mol. The Hall–Kier alpha value is -1.60. The third-order valence-electron chi connectivity index (χ3n) is 2.72. The van der Waals surface area contributed by atoms with Gasteiger partial charge in [0.2, 0.25) is 6.19 Å². The number of rotatable bonds is 2. The first-order valence-electron chi connectivity index (χ1n) is 5.08. The molecule has 17 heavy (non-hydrogen) atoms. The summed E-state index contributed by atoms with van der Waals surface area (Å²) in [6.07, 6.45) is 1.71. The molecule has 0 fully saturated rings. The van der Waals surface area contributed by atoms with Crippen LogP contribution in [-0.2, 0) is 0 Å². The van der Waals surface area contributed by atoms with Crippen molar-refractivity contribution >= 4 is 17.4 Å². The highest BCUT2D eigenvalue weighted by molar-refractivity contribution is 6.30. The first-order chi connectivity index (χ1) is 7.97. The zero-order valence-electron chi connectivity index (χ0n) is 9.91. The van der Waals surface area contributed by atoms with Crippen molar-refractivity contribution in [3.05, 3.63) is 34.6 Å². The summed E-state index contributed by atoms with van der Waals surface area (Å²) in [5, 5.41) is 8.84. The zero-order chi connectivity index (χ0) is 13.0. The van der Waals surface area contributed by atoms with E-state index in [4.69, 9.17) is 16.9 Å². The molecule has 3 nitrogen and oxygen atoms in total. The Morgan fingerprint density at radius 2 is 2.24 bits per heavy atom. The van der Waals surface area contributed by atoms with E-state index in [9.17, 15) is 4.39 Å². The number of hydrogen-bond acceptors (Lipinski definition) is 2. The highest BCUT2D eigenvalue weighted by Gasteiger charge is 2.16. The van der Waals surface area contributed by atoms with Crippen molar-refractivity contribution < 1.29 is 4.39 Å². The summed E-state index contributed by atoms with van der Waals surface area (Å²) in [7, 11) is 1.76. The van der Waals surface area contributed by atoms with E-state index in [0.29, 0.717) is 16.4 Å². The Bertz CT molecular complexity index is 479. The van der Waals surface area contributed by atoms with Gasteiger partial charge in [0.15, 0.2) is 0 Å². The molecule has 90 valence electrons. The van der Waals surface area contributed by atoms with Crippen molar-refractivity contribution in [1.82, 2.24) is 4.90 Å². The Morgan fingerprint density at radius 1 is 1.59 bits per heavy atom. The second-order valence-electron chi connectivity index (χ2n) is 3.71. The van der Waals surface area contributed by atoms with Crippen LogP contribution in [0.3, 0.4) is 0 Å². The van der Waals surface area contributed by atoms with Crippen LogP contribution < -0.4 is 0 Å². The zero-order valence-corrected chi connectivity index (χ0v) is 10.7. The quantitative estimate of drug-likeness (QED) is 0.461. The number of nitriles is 1. The first-order valence-corrected chi connectivity index (χ1v) is 5.46. The fraction of sp³-hybridized carbons (Fsp3) is 0.333. The lowest BCUT2D eigenvalue weighted by Crippen LogP contribution is -2.27. The number of nitrogens with zero attached hydrogens (tertiary/aromatic N) is 3. The third-order valence-corrected chi connectivity index (χ3v) is 2.95. The number of amidine groups is 1. The lowest BCUT2D eigenvalue weighted by Gasteiger charge is -2.26. The smallest absolute Gasteiger partial charge is 0.207 e. The number of hydrogen-bond donors (Lipinski definition) is 0. The van der Waals surface area contributed by atoms with Gasteiger partial charge in [0.25, 0.3) is 0 Å². The van der Waals surface area contributed by atoms with Gasteiger partial charge in [0.05, 0.1) is 6.04 Å². The summed E-state index contributed by atoms with van der Waals surface area (Å²) in [5.41, 5.74) is 0.518. The molecule has 0 saturated carbocycles. The lowest BCUT2D eigenvalue weighted by molar-refractivity contribution is 0.387. The maximum atomic E-state index is 13.7. The first kappa shape index (κ1) is 13.5. The Morgan fingerprint density at radius 3 is 2.76 bits per heavy atom. The fourth-order valence-electron chi connectivity index (χ4n) is 1.48. The average Bonchev–Trinajstić information content (AvgIpc) is 2.27. The molecule has 5 heteroatoms. The van der Waals surface area contributed by atoms with Crippen LogP contribution in [0.5, 0.6) is 0 Å². The van der Waals surface area contributed by atoms with E-state index < -0.39 is 0 Å². The van der Waals surface area contributed by atoms with Crippen LogP contribution in [0.2, 0.25) is 5.02 Å². The molecule has 0 amide bonds. The van der Waals surface area contributed by atoms with Crippen molar-refractivity contribution in [3.8, 4) is 6.19 Å². The van der Waals surface area contributed by atoms with Crippen LogP contribution in [0.15, 0.2) is 23.2 Å². The average molecular weight is 254 g/mol. The molecule has 0 heterocycles. The minimum absolute atomic E-state index is 0.218. The van der Waals surface area contributed by atoms with Crippen LogP contribution in [0, 0.1) is 17.3 Å². The summed E-state index contributed by atoms with van der Waals surface area (Å²) in [6.45, 7) is 3.54. The molecule has 0 aliphatic rings. The van der Waals surface area contributed by atoms with Gasteiger partial charge in [-0.15, -0.1) is 0 Å². The van der Waals surface area contributed by atoms with Gasteiger partial charge < -0.3 is 4.90 Å². The van der Waals surface area contributed by atoms with Gasteiger partial charge in [0.1, 0.15) is 11.7 Å². The van der Waals surface area contributed by atoms with Gasteiger partial charge >= 0.3 is 0 Å².